The van der Waals surface area contributed by atoms with E-state index in [0.29, 0.717) is 46.5 Å². The van der Waals surface area contributed by atoms with Gasteiger partial charge in [-0.2, -0.15) is 5.26 Å². The molecule has 2 amide bonds. The van der Waals surface area contributed by atoms with Crippen molar-refractivity contribution in [2.24, 2.45) is 5.92 Å². The fourth-order valence-corrected chi connectivity index (χ4v) is 8.71. The highest BCUT2D eigenvalue weighted by molar-refractivity contribution is 6.31. The van der Waals surface area contributed by atoms with Crippen molar-refractivity contribution in [1.82, 2.24) is 35.5 Å². The van der Waals surface area contributed by atoms with Gasteiger partial charge >= 0.3 is 0 Å². The largest absolute Gasteiger partial charge is 0.490 e. The molecule has 0 unspecified atom stereocenters. The summed E-state index contributed by atoms with van der Waals surface area (Å²) in [5.41, 5.74) is 5.72. The molecule has 316 valence electrons. The summed E-state index contributed by atoms with van der Waals surface area (Å²) < 4.78 is 6.09. The van der Waals surface area contributed by atoms with Gasteiger partial charge in [-0.25, -0.2) is 9.97 Å². The van der Waals surface area contributed by atoms with E-state index in [0.717, 1.165) is 118 Å². The zero-order valence-electron chi connectivity index (χ0n) is 34.4. The molecule has 0 spiro atoms. The van der Waals surface area contributed by atoms with E-state index in [1.165, 1.54) is 0 Å². The second-order valence-corrected chi connectivity index (χ2v) is 16.7. The van der Waals surface area contributed by atoms with Gasteiger partial charge in [0.05, 0.1) is 45.2 Å². The smallest absolute Gasteiger partial charge is 0.269 e. The summed E-state index contributed by atoms with van der Waals surface area (Å²) in [6.45, 7) is 8.40. The minimum absolute atomic E-state index is 0.0334. The summed E-state index contributed by atoms with van der Waals surface area (Å²) in [6, 6.07) is 18.7. The fourth-order valence-electron chi connectivity index (χ4n) is 8.49. The number of amides is 2. The van der Waals surface area contributed by atoms with Gasteiger partial charge in [-0.1, -0.05) is 18.5 Å². The van der Waals surface area contributed by atoms with Crippen LogP contribution in [0.3, 0.4) is 0 Å². The van der Waals surface area contributed by atoms with Gasteiger partial charge in [-0.3, -0.25) is 24.3 Å². The second kappa shape index (κ2) is 19.1. The number of aromatic nitrogens is 4. The maximum atomic E-state index is 13.1. The first kappa shape index (κ1) is 41.7. The number of nitriles is 1. The van der Waals surface area contributed by atoms with Crippen molar-refractivity contribution in [1.29, 1.82) is 5.26 Å². The number of nitrogens with one attached hydrogen (secondary N) is 3. The molecule has 3 N–H and O–H groups in total. The fraction of sp³-hybridized carbons (Fsp3) is 0.413. The SMILES string of the molecule is CCc1cc2ncc(CN3CCN(c4ccc(C(=O)NCC5CCN(c6ccc(C(=O)NC7CCC(Oc8ccc(C#N)c(Cl)c8)CC7)cn6)CC5)nc4)CC3)cc2[nH]c1=O. The number of piperazine rings is 1. The average molecular weight is 843 g/mol. The molecule has 8 rings (SSSR count). The Bertz CT molecular complexity index is 2430. The normalized spacial score (nSPS) is 18.7. The van der Waals surface area contributed by atoms with Crippen LogP contribution in [-0.2, 0) is 13.0 Å². The van der Waals surface area contributed by atoms with E-state index in [1.807, 2.05) is 43.5 Å². The lowest BCUT2D eigenvalue weighted by molar-refractivity contribution is 0.0892. The predicted octanol–water partition coefficient (Wildman–Crippen LogP) is 5.89. The van der Waals surface area contributed by atoms with E-state index in [9.17, 15) is 14.4 Å². The number of nitrogens with zero attached hydrogens (tertiary/aromatic N) is 7. The van der Waals surface area contributed by atoms with Gasteiger partial charge in [-0.05, 0) is 105 Å². The van der Waals surface area contributed by atoms with Crippen LogP contribution in [0.2, 0.25) is 5.02 Å². The number of aromatic amines is 1. The summed E-state index contributed by atoms with van der Waals surface area (Å²) in [5, 5.41) is 15.7. The van der Waals surface area contributed by atoms with Crippen molar-refractivity contribution < 1.29 is 14.3 Å². The van der Waals surface area contributed by atoms with E-state index in [2.05, 4.69) is 51.3 Å². The van der Waals surface area contributed by atoms with Gasteiger partial charge < -0.3 is 30.2 Å². The highest BCUT2D eigenvalue weighted by atomic mass is 35.5. The van der Waals surface area contributed by atoms with Crippen LogP contribution in [0.5, 0.6) is 5.75 Å². The average Bonchev–Trinajstić information content (AvgIpc) is 3.29. The van der Waals surface area contributed by atoms with Crippen molar-refractivity contribution in [3.05, 3.63) is 117 Å². The molecular formula is C46H51ClN10O4. The van der Waals surface area contributed by atoms with Crippen molar-refractivity contribution in [2.75, 3.05) is 55.6 Å². The third-order valence-electron chi connectivity index (χ3n) is 12.2. The number of H-pyrrole nitrogens is 1. The Morgan fingerprint density at radius 2 is 1.67 bits per heavy atom. The number of aryl methyl sites for hydroxylation is 1. The second-order valence-electron chi connectivity index (χ2n) is 16.3. The van der Waals surface area contributed by atoms with Crippen LogP contribution in [0.1, 0.15) is 83.0 Å². The molecule has 3 fully saturated rings. The molecule has 61 heavy (non-hydrogen) atoms. The predicted molar refractivity (Wildman–Crippen MR) is 235 cm³/mol. The van der Waals surface area contributed by atoms with E-state index in [-0.39, 0.29) is 29.5 Å². The Balaban J connectivity index is 0.722. The minimum atomic E-state index is -0.166. The van der Waals surface area contributed by atoms with Crippen LogP contribution in [0.15, 0.2) is 78.0 Å². The third kappa shape index (κ3) is 10.3. The number of halogens is 1. The zero-order chi connectivity index (χ0) is 42.3. The van der Waals surface area contributed by atoms with E-state index >= 15 is 0 Å². The lowest BCUT2D eigenvalue weighted by atomic mass is 9.92. The Kier molecular flexibility index (Phi) is 13.1. The van der Waals surface area contributed by atoms with Crippen LogP contribution < -0.4 is 30.7 Å². The maximum absolute atomic E-state index is 13.1. The quantitative estimate of drug-likeness (QED) is 0.137. The highest BCUT2D eigenvalue weighted by Crippen LogP contribution is 2.28. The Morgan fingerprint density at radius 3 is 2.36 bits per heavy atom. The van der Waals surface area contributed by atoms with Crippen LogP contribution in [0, 0.1) is 17.2 Å². The number of benzene rings is 1. The number of piperidine rings is 1. The molecular weight excluding hydrogens is 792 g/mol. The summed E-state index contributed by atoms with van der Waals surface area (Å²) in [4.78, 5) is 62.0. The summed E-state index contributed by atoms with van der Waals surface area (Å²) in [5.74, 6) is 1.55. The van der Waals surface area contributed by atoms with Crippen molar-refractivity contribution >= 4 is 46.0 Å². The molecule has 15 heteroatoms. The Morgan fingerprint density at radius 1 is 0.869 bits per heavy atom. The number of fused-ring (bicyclic) bond motifs is 1. The van der Waals surface area contributed by atoms with Crippen molar-refractivity contribution in [3.8, 4) is 11.8 Å². The Labute approximate surface area is 360 Å². The van der Waals surface area contributed by atoms with Crippen LogP contribution >= 0.6 is 11.6 Å². The molecule has 0 radical (unpaired) electrons. The molecule has 2 aliphatic heterocycles. The minimum Gasteiger partial charge on any atom is -0.490 e. The van der Waals surface area contributed by atoms with Crippen LogP contribution in [0.25, 0.3) is 11.0 Å². The molecule has 5 aromatic rings. The third-order valence-corrected chi connectivity index (χ3v) is 12.5. The summed E-state index contributed by atoms with van der Waals surface area (Å²) >= 11 is 6.15. The molecule has 14 nitrogen and oxygen atoms in total. The number of hydrogen-bond donors (Lipinski definition) is 3. The standard InChI is InChI=1S/C46H51ClN10O4/c1-2-32-22-41-42(54-44(32)58)21-31(26-49-41)29-55-17-19-56(20-18-55)36-7-11-40(50-28-36)46(60)52-25-30-13-15-57(16-14-30)43-12-4-34(27-51-43)45(59)53-35-5-9-37(10-6-35)61-38-8-3-33(24-48)39(47)23-38/h3-4,7-8,11-12,21-23,26-28,30,35,37H,2,5-6,9-10,13-20,25,29H2,1H3,(H,52,60)(H,53,59)(H,54,58). The molecule has 1 aromatic carbocycles. The number of anilines is 2. The van der Waals surface area contributed by atoms with Gasteiger partial charge in [0, 0.05) is 82.4 Å². The molecule has 6 heterocycles. The molecule has 0 atom stereocenters. The van der Waals surface area contributed by atoms with Gasteiger partial charge in [-0.15, -0.1) is 0 Å². The number of rotatable bonds is 12. The summed E-state index contributed by atoms with van der Waals surface area (Å²) in [6.07, 6.45) is 11.1. The number of pyridine rings is 4. The Hall–Kier alpha value is -6.04. The van der Waals surface area contributed by atoms with Gasteiger partial charge in [0.25, 0.3) is 17.4 Å². The lowest BCUT2D eigenvalue weighted by Gasteiger charge is -2.36. The zero-order valence-corrected chi connectivity index (χ0v) is 35.2. The van der Waals surface area contributed by atoms with E-state index < -0.39 is 0 Å². The van der Waals surface area contributed by atoms with Crippen LogP contribution in [-0.4, -0.2) is 94.6 Å². The van der Waals surface area contributed by atoms with Gasteiger partial charge in [0.15, 0.2) is 0 Å². The highest BCUT2D eigenvalue weighted by Gasteiger charge is 2.26. The van der Waals surface area contributed by atoms with Gasteiger partial charge in [0.1, 0.15) is 23.3 Å². The first-order valence-electron chi connectivity index (χ1n) is 21.3. The lowest BCUT2D eigenvalue weighted by Crippen LogP contribution is -2.46. The number of ether oxygens (including phenoxy) is 1. The first-order valence-corrected chi connectivity index (χ1v) is 21.7. The molecule has 3 aliphatic rings. The molecule has 2 saturated heterocycles. The molecule has 4 aromatic heterocycles. The molecule has 1 aliphatic carbocycles. The molecule has 1 saturated carbocycles. The number of hydrogen-bond acceptors (Lipinski definition) is 11. The monoisotopic (exact) mass is 842 g/mol. The molecule has 0 bridgehead atoms. The number of carbonyl (C=O) groups excluding carboxylic acids is 2. The first-order chi connectivity index (χ1) is 29.7. The number of carbonyl (C=O) groups is 2. The van der Waals surface area contributed by atoms with Crippen LogP contribution in [0.4, 0.5) is 11.5 Å². The van der Waals surface area contributed by atoms with Gasteiger partial charge in [0.2, 0.25) is 0 Å². The summed E-state index contributed by atoms with van der Waals surface area (Å²) in [7, 11) is 0. The van der Waals surface area contributed by atoms with Crippen molar-refractivity contribution in [2.45, 2.75) is 70.6 Å². The topological polar surface area (TPSA) is 172 Å². The van der Waals surface area contributed by atoms with Crippen molar-refractivity contribution in [3.63, 3.8) is 0 Å². The van der Waals surface area contributed by atoms with E-state index in [4.69, 9.17) is 21.6 Å². The maximum Gasteiger partial charge on any atom is 0.269 e. The van der Waals surface area contributed by atoms with E-state index in [1.54, 1.807) is 36.7 Å².